The van der Waals surface area contributed by atoms with E-state index >= 15 is 0 Å². The van der Waals surface area contributed by atoms with Crippen LogP contribution in [0.1, 0.15) is 0 Å². The van der Waals surface area contributed by atoms with Gasteiger partial charge in [-0.2, -0.15) is 8.42 Å². The molecule has 0 bridgehead atoms. The van der Waals surface area contributed by atoms with Gasteiger partial charge < -0.3 is 5.11 Å². The largest absolute Gasteiger partial charge is 0.394 e. The molecule has 0 aliphatic rings. The summed E-state index contributed by atoms with van der Waals surface area (Å²) in [6.07, 6.45) is 0.902. The van der Waals surface area contributed by atoms with E-state index in [1.54, 1.807) is 0 Å². The zero-order chi connectivity index (χ0) is 6.62. The number of rotatable bonds is 3. The van der Waals surface area contributed by atoms with Gasteiger partial charge in [0.2, 0.25) is 0 Å². The Labute approximate surface area is 48.2 Å². The van der Waals surface area contributed by atoms with E-state index in [0.717, 1.165) is 12.9 Å². The number of aliphatic hydroxyl groups is 1. The highest BCUT2D eigenvalue weighted by atomic mass is 32.2. The number of hydrogen-bond acceptors (Lipinski definition) is 4. The van der Waals surface area contributed by atoms with Crippen molar-refractivity contribution < 1.29 is 17.7 Å². The summed E-state index contributed by atoms with van der Waals surface area (Å²) in [5, 5.41) is 7.98. The third kappa shape index (κ3) is 5.87. The molecule has 8 heavy (non-hydrogen) atoms. The summed E-state index contributed by atoms with van der Waals surface area (Å²) < 4.78 is 24.0. The van der Waals surface area contributed by atoms with Crippen molar-refractivity contribution in [2.75, 3.05) is 12.9 Å². The summed E-state index contributed by atoms with van der Waals surface area (Å²) in [5.41, 5.74) is 0. The maximum absolute atomic E-state index is 10.0. The molecule has 0 fully saturated rings. The van der Waals surface area contributed by atoms with E-state index in [1.165, 1.54) is 0 Å². The van der Waals surface area contributed by atoms with Crippen LogP contribution in [-0.4, -0.2) is 26.4 Å². The van der Waals surface area contributed by atoms with Crippen LogP contribution in [0.15, 0.2) is 0 Å². The fourth-order valence-corrected chi connectivity index (χ4v) is 0.462. The Morgan fingerprint density at radius 1 is 1.75 bits per heavy atom. The van der Waals surface area contributed by atoms with Crippen LogP contribution < -0.4 is 0 Å². The highest BCUT2D eigenvalue weighted by molar-refractivity contribution is 7.86. The van der Waals surface area contributed by atoms with Gasteiger partial charge in [0.25, 0.3) is 10.1 Å². The van der Waals surface area contributed by atoms with Crippen molar-refractivity contribution in [3.05, 3.63) is 6.61 Å². The molecule has 0 atom stereocenters. The summed E-state index contributed by atoms with van der Waals surface area (Å²) in [5.74, 6) is 0. The van der Waals surface area contributed by atoms with E-state index in [1.807, 2.05) is 0 Å². The molecule has 0 aliphatic carbocycles. The molecule has 49 valence electrons. The predicted molar refractivity (Wildman–Crippen MR) is 27.3 cm³/mol. The lowest BCUT2D eigenvalue weighted by Gasteiger charge is -1.92. The molecule has 0 saturated carbocycles. The lowest BCUT2D eigenvalue weighted by molar-refractivity contribution is 0.258. The van der Waals surface area contributed by atoms with E-state index in [-0.39, 0.29) is 0 Å². The third-order valence-corrected chi connectivity index (χ3v) is 0.803. The topological polar surface area (TPSA) is 63.6 Å². The molecule has 0 amide bonds. The van der Waals surface area contributed by atoms with Crippen molar-refractivity contribution in [3.8, 4) is 0 Å². The maximum Gasteiger partial charge on any atom is 0.264 e. The SMILES string of the molecule is CS(=O)(=O)O[CH]CO. The van der Waals surface area contributed by atoms with E-state index in [4.69, 9.17) is 5.11 Å². The molecule has 0 aliphatic heterocycles. The Bertz CT molecular complexity index is 135. The zero-order valence-electron chi connectivity index (χ0n) is 4.36. The van der Waals surface area contributed by atoms with Crippen LogP contribution in [0.4, 0.5) is 0 Å². The van der Waals surface area contributed by atoms with Gasteiger partial charge in [0, 0.05) is 0 Å². The molecular weight excluding hydrogens is 132 g/mol. The van der Waals surface area contributed by atoms with Crippen molar-refractivity contribution in [1.29, 1.82) is 0 Å². The van der Waals surface area contributed by atoms with E-state index < -0.39 is 16.7 Å². The second-order valence-electron chi connectivity index (χ2n) is 1.15. The molecule has 0 saturated heterocycles. The number of aliphatic hydroxyl groups excluding tert-OH is 1. The van der Waals surface area contributed by atoms with Crippen molar-refractivity contribution in [2.24, 2.45) is 0 Å². The van der Waals surface area contributed by atoms with Gasteiger partial charge in [0.1, 0.15) is 6.61 Å². The Kier molecular flexibility index (Phi) is 2.96. The second-order valence-corrected chi connectivity index (χ2v) is 2.75. The van der Waals surface area contributed by atoms with Gasteiger partial charge in [-0.3, -0.25) is 4.18 Å². The van der Waals surface area contributed by atoms with Gasteiger partial charge in [0.15, 0.2) is 0 Å². The first kappa shape index (κ1) is 7.87. The predicted octanol–water partition coefficient (Wildman–Crippen LogP) is -0.883. The van der Waals surface area contributed by atoms with E-state index in [2.05, 4.69) is 4.18 Å². The minimum Gasteiger partial charge on any atom is -0.394 e. The van der Waals surface area contributed by atoms with Crippen LogP contribution in [0.5, 0.6) is 0 Å². The average molecular weight is 139 g/mol. The van der Waals surface area contributed by atoms with Crippen LogP contribution in [-0.2, 0) is 14.3 Å². The molecule has 0 aromatic rings. The Morgan fingerprint density at radius 3 is 2.38 bits per heavy atom. The van der Waals surface area contributed by atoms with E-state index in [9.17, 15) is 8.42 Å². The average Bonchev–Trinajstić information content (AvgIpc) is 1.59. The van der Waals surface area contributed by atoms with Gasteiger partial charge >= 0.3 is 0 Å². The quantitative estimate of drug-likeness (QED) is 0.515. The van der Waals surface area contributed by atoms with Crippen molar-refractivity contribution in [1.82, 2.24) is 0 Å². The molecule has 1 radical (unpaired) electrons. The van der Waals surface area contributed by atoms with Crippen molar-refractivity contribution >= 4 is 10.1 Å². The minimum absolute atomic E-state index is 0.396. The van der Waals surface area contributed by atoms with Crippen LogP contribution in [0.2, 0.25) is 0 Å². The molecule has 0 unspecified atom stereocenters. The zero-order valence-corrected chi connectivity index (χ0v) is 5.18. The Balaban J connectivity index is 3.42. The molecule has 1 N–H and O–H groups in total. The first-order valence-electron chi connectivity index (χ1n) is 1.87. The lowest BCUT2D eigenvalue weighted by atomic mass is 10.8. The smallest absolute Gasteiger partial charge is 0.264 e. The first-order chi connectivity index (χ1) is 3.56. The number of hydrogen-bond donors (Lipinski definition) is 1. The first-order valence-corrected chi connectivity index (χ1v) is 3.68. The molecule has 4 nitrogen and oxygen atoms in total. The summed E-state index contributed by atoms with van der Waals surface area (Å²) in [4.78, 5) is 0. The molecule has 0 spiro atoms. The molecule has 0 aromatic heterocycles. The Morgan fingerprint density at radius 2 is 2.25 bits per heavy atom. The molecule has 5 heteroatoms. The van der Waals surface area contributed by atoms with Gasteiger partial charge in [-0.1, -0.05) is 0 Å². The third-order valence-electron chi connectivity index (χ3n) is 0.317. The summed E-state index contributed by atoms with van der Waals surface area (Å²) >= 11 is 0. The van der Waals surface area contributed by atoms with Crippen LogP contribution in [0.3, 0.4) is 0 Å². The van der Waals surface area contributed by atoms with Crippen LogP contribution in [0, 0.1) is 6.61 Å². The highest BCUT2D eigenvalue weighted by Gasteiger charge is 1.98. The van der Waals surface area contributed by atoms with E-state index in [0.29, 0.717) is 0 Å². The van der Waals surface area contributed by atoms with Crippen molar-refractivity contribution in [2.45, 2.75) is 0 Å². The summed E-state index contributed by atoms with van der Waals surface area (Å²) in [7, 11) is -3.40. The van der Waals surface area contributed by atoms with Gasteiger partial charge in [-0.25, -0.2) is 0 Å². The van der Waals surface area contributed by atoms with Crippen LogP contribution in [0.25, 0.3) is 0 Å². The highest BCUT2D eigenvalue weighted by Crippen LogP contribution is 1.87. The van der Waals surface area contributed by atoms with Crippen LogP contribution >= 0.6 is 0 Å². The molecule has 0 aromatic carbocycles. The fraction of sp³-hybridized carbons (Fsp3) is 0.667. The molecule has 0 rings (SSSR count). The Hall–Kier alpha value is -0.130. The minimum atomic E-state index is -3.40. The molecular formula is C3H7O4S. The normalized spacial score (nSPS) is 11.8. The monoisotopic (exact) mass is 139 g/mol. The lowest BCUT2D eigenvalue weighted by Crippen LogP contribution is -2.01. The van der Waals surface area contributed by atoms with Gasteiger partial charge in [-0.05, 0) is 0 Å². The van der Waals surface area contributed by atoms with Crippen molar-refractivity contribution in [3.63, 3.8) is 0 Å². The van der Waals surface area contributed by atoms with Gasteiger partial charge in [0.05, 0.1) is 12.9 Å². The standard InChI is InChI=1S/C3H7O4S/c1-8(5,6)7-3-2-4/h3-4H,2H2,1H3. The maximum atomic E-state index is 10.0. The molecule has 0 heterocycles. The second kappa shape index (κ2) is 3.01. The van der Waals surface area contributed by atoms with Gasteiger partial charge in [-0.15, -0.1) is 0 Å². The fourth-order valence-electron chi connectivity index (χ4n) is 0.154. The summed E-state index contributed by atoms with van der Waals surface area (Å²) in [6.45, 7) is 0.405. The summed E-state index contributed by atoms with van der Waals surface area (Å²) in [6, 6.07) is 0.